The Hall–Kier alpha value is -2.06. The first-order valence-corrected chi connectivity index (χ1v) is 7.96. The van der Waals surface area contributed by atoms with Crippen LogP contribution in [0.15, 0.2) is 31.0 Å². The van der Waals surface area contributed by atoms with Gasteiger partial charge in [0.2, 0.25) is 0 Å². The van der Waals surface area contributed by atoms with Crippen molar-refractivity contribution in [1.82, 2.24) is 4.57 Å². The third-order valence-corrected chi connectivity index (χ3v) is 3.49. The Bertz CT molecular complexity index is 816. The minimum Gasteiger partial charge on any atom is -0.443 e. The summed E-state index contributed by atoms with van der Waals surface area (Å²) in [5, 5.41) is 10.4. The Labute approximate surface area is 150 Å². The third-order valence-electron chi connectivity index (χ3n) is 3.20. The van der Waals surface area contributed by atoms with Gasteiger partial charge in [-0.05, 0) is 33.3 Å². The second kappa shape index (κ2) is 6.68. The first kappa shape index (κ1) is 19.3. The Morgan fingerprint density at radius 2 is 2.08 bits per heavy atom. The summed E-state index contributed by atoms with van der Waals surface area (Å²) in [6.45, 7) is 9.02. The number of hydrogen-bond donors (Lipinski definition) is 3. The minimum atomic E-state index is -2.36. The molecule has 2 aromatic rings. The van der Waals surface area contributed by atoms with Gasteiger partial charge in [-0.15, -0.1) is 6.58 Å². The van der Waals surface area contributed by atoms with Gasteiger partial charge < -0.3 is 14.6 Å². The number of halogens is 1. The number of carbonyl (C=O) groups is 1. The SMILES string of the molecule is C=CCc1c(OC(N)(N)O)cc(Cl)c2c1ccn2C(=O)OC(C)(C)C. The highest BCUT2D eigenvalue weighted by Crippen LogP contribution is 2.36. The molecule has 0 amide bonds. The molecule has 0 saturated heterocycles. The van der Waals surface area contributed by atoms with Crippen molar-refractivity contribution in [3.63, 3.8) is 0 Å². The second-order valence-electron chi connectivity index (χ2n) is 6.61. The van der Waals surface area contributed by atoms with Crippen LogP contribution in [0.5, 0.6) is 5.75 Å². The first-order valence-electron chi connectivity index (χ1n) is 7.59. The van der Waals surface area contributed by atoms with Gasteiger partial charge in [0.25, 0.3) is 0 Å². The molecular formula is C17H22ClN3O4. The van der Waals surface area contributed by atoms with Crippen LogP contribution < -0.4 is 16.2 Å². The zero-order valence-electron chi connectivity index (χ0n) is 14.4. The molecule has 0 unspecified atom stereocenters. The summed E-state index contributed by atoms with van der Waals surface area (Å²) < 4.78 is 11.9. The van der Waals surface area contributed by atoms with Crippen LogP contribution in [0.1, 0.15) is 26.3 Å². The van der Waals surface area contributed by atoms with Crippen LogP contribution in [-0.2, 0) is 11.2 Å². The van der Waals surface area contributed by atoms with Gasteiger partial charge in [0.1, 0.15) is 11.4 Å². The van der Waals surface area contributed by atoms with E-state index in [0.717, 1.165) is 0 Å². The maximum Gasteiger partial charge on any atom is 0.419 e. The van der Waals surface area contributed by atoms with E-state index in [1.54, 1.807) is 39.1 Å². The smallest absolute Gasteiger partial charge is 0.419 e. The number of fused-ring (bicyclic) bond motifs is 1. The summed E-state index contributed by atoms with van der Waals surface area (Å²) in [7, 11) is 0. The molecule has 0 aliphatic carbocycles. The molecule has 5 N–H and O–H groups in total. The number of ether oxygens (including phenoxy) is 2. The summed E-state index contributed by atoms with van der Waals surface area (Å²) in [5.74, 6) is 0.201. The fourth-order valence-electron chi connectivity index (χ4n) is 2.41. The average molecular weight is 368 g/mol. The molecule has 7 nitrogen and oxygen atoms in total. The zero-order valence-corrected chi connectivity index (χ0v) is 15.1. The van der Waals surface area contributed by atoms with E-state index in [-0.39, 0.29) is 10.8 Å². The topological polar surface area (TPSA) is 113 Å². The lowest BCUT2D eigenvalue weighted by atomic mass is 10.1. The predicted molar refractivity (Wildman–Crippen MR) is 96.4 cm³/mol. The number of nitrogens with zero attached hydrogens (tertiary/aromatic N) is 1. The number of rotatable bonds is 4. The van der Waals surface area contributed by atoms with Gasteiger partial charge in [-0.2, -0.15) is 0 Å². The molecule has 0 spiro atoms. The molecule has 136 valence electrons. The highest BCUT2D eigenvalue weighted by molar-refractivity contribution is 6.35. The van der Waals surface area contributed by atoms with Crippen molar-refractivity contribution < 1.29 is 19.4 Å². The van der Waals surface area contributed by atoms with Gasteiger partial charge in [0.15, 0.2) is 0 Å². The Morgan fingerprint density at radius 3 is 2.60 bits per heavy atom. The summed E-state index contributed by atoms with van der Waals surface area (Å²) in [5.41, 5.74) is 11.1. The Kier molecular flexibility index (Phi) is 5.15. The maximum absolute atomic E-state index is 12.4. The quantitative estimate of drug-likeness (QED) is 0.565. The van der Waals surface area contributed by atoms with E-state index in [9.17, 15) is 9.90 Å². The number of benzene rings is 1. The van der Waals surface area contributed by atoms with Crippen molar-refractivity contribution in [2.75, 3.05) is 0 Å². The van der Waals surface area contributed by atoms with Crippen molar-refractivity contribution in [2.45, 2.75) is 38.8 Å². The molecule has 1 aromatic carbocycles. The minimum absolute atomic E-state index is 0.201. The van der Waals surface area contributed by atoms with Gasteiger partial charge in [0.05, 0.1) is 10.5 Å². The summed E-state index contributed by atoms with van der Waals surface area (Å²) in [6.07, 6.45) is 3.03. The van der Waals surface area contributed by atoms with E-state index in [2.05, 4.69) is 6.58 Å². The lowest BCUT2D eigenvalue weighted by molar-refractivity contribution is -0.126. The summed E-state index contributed by atoms with van der Waals surface area (Å²) >= 11 is 6.33. The van der Waals surface area contributed by atoms with Gasteiger partial charge in [-0.3, -0.25) is 16.0 Å². The standard InChI is InChI=1S/C17H22ClN3O4/c1-5-6-10-11-7-8-21(15(22)25-16(2,3)4)14(11)12(18)9-13(10)24-17(19,20)23/h5,7-9,23H,1,6,19-20H2,2-4H3. The highest BCUT2D eigenvalue weighted by Gasteiger charge is 2.24. The van der Waals surface area contributed by atoms with Crippen molar-refractivity contribution in [3.8, 4) is 5.75 Å². The van der Waals surface area contributed by atoms with Crippen LogP contribution in [0.2, 0.25) is 5.02 Å². The predicted octanol–water partition coefficient (Wildman–Crippen LogP) is 2.71. The van der Waals surface area contributed by atoms with Crippen LogP contribution in [0.4, 0.5) is 4.79 Å². The molecule has 0 atom stereocenters. The van der Waals surface area contributed by atoms with Crippen molar-refractivity contribution in [2.24, 2.45) is 11.5 Å². The van der Waals surface area contributed by atoms with Crippen LogP contribution in [-0.4, -0.2) is 27.4 Å². The largest absolute Gasteiger partial charge is 0.443 e. The monoisotopic (exact) mass is 367 g/mol. The number of nitrogens with two attached hydrogens (primary N) is 2. The van der Waals surface area contributed by atoms with Crippen molar-refractivity contribution in [3.05, 3.63) is 41.6 Å². The van der Waals surface area contributed by atoms with Gasteiger partial charge >= 0.3 is 12.1 Å². The number of hydrogen-bond acceptors (Lipinski definition) is 6. The molecule has 2 rings (SSSR count). The molecule has 1 aromatic heterocycles. The molecule has 25 heavy (non-hydrogen) atoms. The average Bonchev–Trinajstić information content (AvgIpc) is 2.84. The van der Waals surface area contributed by atoms with Crippen LogP contribution >= 0.6 is 11.6 Å². The highest BCUT2D eigenvalue weighted by atomic mass is 35.5. The molecule has 0 fully saturated rings. The number of allylic oxidation sites excluding steroid dienone is 1. The molecule has 1 heterocycles. The molecule has 0 aliphatic heterocycles. The van der Waals surface area contributed by atoms with E-state index in [0.29, 0.717) is 22.9 Å². The summed E-state index contributed by atoms with van der Waals surface area (Å²) in [4.78, 5) is 12.4. The fourth-order valence-corrected chi connectivity index (χ4v) is 2.70. The van der Waals surface area contributed by atoms with E-state index in [1.807, 2.05) is 0 Å². The van der Waals surface area contributed by atoms with E-state index in [4.69, 9.17) is 32.5 Å². The van der Waals surface area contributed by atoms with E-state index >= 15 is 0 Å². The lowest BCUT2D eigenvalue weighted by Crippen LogP contribution is -2.54. The van der Waals surface area contributed by atoms with Gasteiger partial charge in [-0.1, -0.05) is 17.7 Å². The van der Waals surface area contributed by atoms with Crippen molar-refractivity contribution >= 4 is 28.6 Å². The molecule has 0 bridgehead atoms. The second-order valence-corrected chi connectivity index (χ2v) is 7.02. The maximum atomic E-state index is 12.4. The first-order chi connectivity index (χ1) is 11.4. The van der Waals surface area contributed by atoms with Gasteiger partial charge in [-0.25, -0.2) is 4.79 Å². The number of aromatic nitrogens is 1. The normalized spacial score (nSPS) is 12.3. The fraction of sp³-hybridized carbons (Fsp3) is 0.353. The Balaban J connectivity index is 2.63. The number of aliphatic hydroxyl groups is 1. The van der Waals surface area contributed by atoms with Crippen molar-refractivity contribution in [1.29, 1.82) is 0 Å². The van der Waals surface area contributed by atoms with E-state index < -0.39 is 17.7 Å². The zero-order chi connectivity index (χ0) is 19.0. The Morgan fingerprint density at radius 1 is 1.44 bits per heavy atom. The molecule has 8 heteroatoms. The van der Waals surface area contributed by atoms with Crippen LogP contribution in [0.3, 0.4) is 0 Å². The van der Waals surface area contributed by atoms with Gasteiger partial charge in [0, 0.05) is 23.2 Å². The van der Waals surface area contributed by atoms with Crippen LogP contribution in [0, 0.1) is 0 Å². The number of carbonyl (C=O) groups excluding carboxylic acids is 1. The molecule has 0 radical (unpaired) electrons. The third kappa shape index (κ3) is 4.52. The van der Waals surface area contributed by atoms with Crippen LogP contribution in [0.25, 0.3) is 10.9 Å². The molecular weight excluding hydrogens is 346 g/mol. The molecule has 0 saturated carbocycles. The summed E-state index contributed by atoms with van der Waals surface area (Å²) in [6, 6.07) is 0.776. The lowest BCUT2D eigenvalue weighted by Gasteiger charge is -2.22. The van der Waals surface area contributed by atoms with E-state index in [1.165, 1.54) is 10.6 Å². The molecule has 0 aliphatic rings.